The summed E-state index contributed by atoms with van der Waals surface area (Å²) in [6.45, 7) is 6.14. The molecule has 0 radical (unpaired) electrons. The molecule has 88 valence electrons. The van der Waals surface area contributed by atoms with Gasteiger partial charge in [0.25, 0.3) is 0 Å². The molecule has 0 saturated carbocycles. The van der Waals surface area contributed by atoms with Crippen LogP contribution in [0.15, 0.2) is 24.3 Å². The summed E-state index contributed by atoms with van der Waals surface area (Å²) in [6.07, 6.45) is 0. The molecule has 16 heavy (non-hydrogen) atoms. The maximum atomic E-state index is 11.9. The number of nitrogens with one attached hydrogen (secondary N) is 1. The smallest absolute Gasteiger partial charge is 0.232 e. The summed E-state index contributed by atoms with van der Waals surface area (Å²) in [4.78, 5) is 11.9. The number of carbonyl (C=O) groups excluding carboxylic acids is 1. The van der Waals surface area contributed by atoms with Gasteiger partial charge in [-0.1, -0.05) is 17.7 Å². The number of benzene rings is 1. The lowest BCUT2D eigenvalue weighted by Crippen LogP contribution is -2.34. The molecule has 0 fully saturated rings. The molecular formula is C13H19NO2. The molecule has 0 heterocycles. The summed E-state index contributed by atoms with van der Waals surface area (Å²) in [5.74, 6) is -0.0294. The molecule has 0 spiro atoms. The fourth-order valence-electron chi connectivity index (χ4n) is 1.36. The number of carbonyl (C=O) groups is 1. The summed E-state index contributed by atoms with van der Waals surface area (Å²) >= 11 is 0. The van der Waals surface area contributed by atoms with Gasteiger partial charge in [0.2, 0.25) is 5.91 Å². The van der Waals surface area contributed by atoms with Crippen molar-refractivity contribution in [2.45, 2.75) is 20.8 Å². The topological polar surface area (TPSA) is 38.3 Å². The Kier molecular flexibility index (Phi) is 4.07. The Hall–Kier alpha value is -1.35. The predicted octanol–water partition coefficient (Wildman–Crippen LogP) is 2.61. The number of hydrogen-bond donors (Lipinski definition) is 1. The normalized spacial score (nSPS) is 11.2. The molecule has 1 aromatic rings. The van der Waals surface area contributed by atoms with Crippen LogP contribution in [0.1, 0.15) is 19.4 Å². The van der Waals surface area contributed by atoms with Gasteiger partial charge in [0.05, 0.1) is 12.0 Å². The molecule has 0 aliphatic carbocycles. The third-order valence-electron chi connectivity index (χ3n) is 2.43. The van der Waals surface area contributed by atoms with Crippen molar-refractivity contribution in [1.82, 2.24) is 0 Å². The molecule has 0 bridgehead atoms. The number of rotatable bonds is 4. The summed E-state index contributed by atoms with van der Waals surface area (Å²) in [7, 11) is 1.60. The van der Waals surface area contributed by atoms with Crippen LogP contribution in [0, 0.1) is 12.3 Å². The summed E-state index contributed by atoms with van der Waals surface area (Å²) in [6, 6.07) is 7.74. The first-order valence-electron chi connectivity index (χ1n) is 5.33. The van der Waals surface area contributed by atoms with E-state index in [4.69, 9.17) is 4.74 Å². The maximum Gasteiger partial charge on any atom is 0.232 e. The molecule has 1 amide bonds. The Balaban J connectivity index is 2.67. The number of methoxy groups -OCH3 is 1. The number of amides is 1. The van der Waals surface area contributed by atoms with Crippen LogP contribution >= 0.6 is 0 Å². The van der Waals surface area contributed by atoms with Gasteiger partial charge in [-0.25, -0.2) is 0 Å². The van der Waals surface area contributed by atoms with Crippen molar-refractivity contribution in [2.24, 2.45) is 5.41 Å². The molecule has 0 unspecified atom stereocenters. The molecular weight excluding hydrogens is 202 g/mol. The van der Waals surface area contributed by atoms with Gasteiger partial charge in [-0.15, -0.1) is 0 Å². The minimum Gasteiger partial charge on any atom is -0.384 e. The van der Waals surface area contributed by atoms with E-state index in [1.54, 1.807) is 7.11 Å². The summed E-state index contributed by atoms with van der Waals surface area (Å²) < 4.78 is 5.02. The van der Waals surface area contributed by atoms with Crippen LogP contribution < -0.4 is 5.32 Å². The fraction of sp³-hybridized carbons (Fsp3) is 0.462. The number of hydrogen-bond acceptors (Lipinski definition) is 2. The van der Waals surface area contributed by atoms with E-state index in [0.29, 0.717) is 6.61 Å². The van der Waals surface area contributed by atoms with Crippen molar-refractivity contribution in [1.29, 1.82) is 0 Å². The minimum atomic E-state index is -0.514. The lowest BCUT2D eigenvalue weighted by molar-refractivity contribution is -0.126. The van der Waals surface area contributed by atoms with Gasteiger partial charge in [0.1, 0.15) is 0 Å². The van der Waals surface area contributed by atoms with Gasteiger partial charge in [-0.3, -0.25) is 4.79 Å². The third-order valence-corrected chi connectivity index (χ3v) is 2.43. The van der Waals surface area contributed by atoms with E-state index in [9.17, 15) is 4.79 Å². The van der Waals surface area contributed by atoms with E-state index < -0.39 is 5.41 Å². The molecule has 0 aliphatic heterocycles. The zero-order valence-electron chi connectivity index (χ0n) is 10.3. The number of ether oxygens (including phenoxy) is 1. The van der Waals surface area contributed by atoms with Crippen molar-refractivity contribution >= 4 is 11.6 Å². The molecule has 1 N–H and O–H groups in total. The van der Waals surface area contributed by atoms with E-state index in [-0.39, 0.29) is 5.91 Å². The van der Waals surface area contributed by atoms with E-state index in [0.717, 1.165) is 5.69 Å². The first-order valence-corrected chi connectivity index (χ1v) is 5.33. The van der Waals surface area contributed by atoms with Crippen LogP contribution in [0.25, 0.3) is 0 Å². The highest BCUT2D eigenvalue weighted by atomic mass is 16.5. The highest BCUT2D eigenvalue weighted by Gasteiger charge is 2.27. The first-order chi connectivity index (χ1) is 7.45. The average molecular weight is 221 g/mol. The monoisotopic (exact) mass is 221 g/mol. The van der Waals surface area contributed by atoms with Gasteiger partial charge in [-0.05, 0) is 32.9 Å². The third kappa shape index (κ3) is 3.35. The van der Waals surface area contributed by atoms with Gasteiger partial charge in [0, 0.05) is 12.8 Å². The van der Waals surface area contributed by atoms with E-state index >= 15 is 0 Å². The fourth-order valence-corrected chi connectivity index (χ4v) is 1.36. The molecule has 1 aromatic carbocycles. The maximum absolute atomic E-state index is 11.9. The zero-order chi connectivity index (χ0) is 12.2. The lowest BCUT2D eigenvalue weighted by Gasteiger charge is -2.22. The van der Waals surface area contributed by atoms with Crippen LogP contribution in [0.4, 0.5) is 5.69 Å². The molecule has 0 aliphatic rings. The Labute approximate surface area is 96.8 Å². The largest absolute Gasteiger partial charge is 0.384 e. The molecule has 3 heteroatoms. The van der Waals surface area contributed by atoms with E-state index in [1.165, 1.54) is 5.56 Å². The van der Waals surface area contributed by atoms with Crippen molar-refractivity contribution in [2.75, 3.05) is 19.0 Å². The quantitative estimate of drug-likeness (QED) is 0.848. The second-order valence-electron chi connectivity index (χ2n) is 4.64. The Morgan fingerprint density at radius 3 is 2.38 bits per heavy atom. The van der Waals surface area contributed by atoms with Crippen molar-refractivity contribution in [3.8, 4) is 0 Å². The van der Waals surface area contributed by atoms with Gasteiger partial charge in [-0.2, -0.15) is 0 Å². The van der Waals surface area contributed by atoms with Crippen molar-refractivity contribution in [3.05, 3.63) is 29.8 Å². The molecule has 0 aromatic heterocycles. The Bertz CT molecular complexity index is 355. The molecule has 0 saturated heterocycles. The second kappa shape index (κ2) is 5.12. The lowest BCUT2D eigenvalue weighted by atomic mass is 9.93. The summed E-state index contributed by atoms with van der Waals surface area (Å²) in [5, 5.41) is 2.88. The van der Waals surface area contributed by atoms with Crippen LogP contribution in [0.3, 0.4) is 0 Å². The van der Waals surface area contributed by atoms with Crippen LogP contribution in [-0.2, 0) is 9.53 Å². The molecule has 0 atom stereocenters. The Morgan fingerprint density at radius 1 is 1.31 bits per heavy atom. The zero-order valence-corrected chi connectivity index (χ0v) is 10.3. The van der Waals surface area contributed by atoms with Crippen molar-refractivity contribution in [3.63, 3.8) is 0 Å². The highest BCUT2D eigenvalue weighted by molar-refractivity contribution is 5.94. The Morgan fingerprint density at radius 2 is 1.88 bits per heavy atom. The molecule has 1 rings (SSSR count). The number of aryl methyl sites for hydroxylation is 1. The van der Waals surface area contributed by atoms with Crippen molar-refractivity contribution < 1.29 is 9.53 Å². The SMILES string of the molecule is COCC(C)(C)C(=O)Nc1ccc(C)cc1. The summed E-state index contributed by atoms with van der Waals surface area (Å²) in [5.41, 5.74) is 1.48. The van der Waals surface area contributed by atoms with Gasteiger partial charge in [0.15, 0.2) is 0 Å². The van der Waals surface area contributed by atoms with E-state index in [1.807, 2.05) is 45.0 Å². The van der Waals surface area contributed by atoms with Crippen LogP contribution in [0.2, 0.25) is 0 Å². The van der Waals surface area contributed by atoms with Gasteiger partial charge >= 0.3 is 0 Å². The minimum absolute atomic E-state index is 0.0294. The predicted molar refractivity (Wildman–Crippen MR) is 65.5 cm³/mol. The second-order valence-corrected chi connectivity index (χ2v) is 4.64. The highest BCUT2D eigenvalue weighted by Crippen LogP contribution is 2.19. The van der Waals surface area contributed by atoms with E-state index in [2.05, 4.69) is 5.32 Å². The standard InChI is InChI=1S/C13H19NO2/c1-10-5-7-11(8-6-10)14-12(15)13(2,3)9-16-4/h5-8H,9H2,1-4H3,(H,14,15). The average Bonchev–Trinajstić information content (AvgIpc) is 2.21. The molecule has 3 nitrogen and oxygen atoms in total. The number of anilines is 1. The first kappa shape index (κ1) is 12.7. The van der Waals surface area contributed by atoms with Crippen LogP contribution in [-0.4, -0.2) is 19.6 Å². The van der Waals surface area contributed by atoms with Crippen LogP contribution in [0.5, 0.6) is 0 Å². The van der Waals surface area contributed by atoms with Gasteiger partial charge < -0.3 is 10.1 Å².